The molecule has 0 radical (unpaired) electrons. The van der Waals surface area contributed by atoms with Gasteiger partial charge in [-0.25, -0.2) is 0 Å². The van der Waals surface area contributed by atoms with Gasteiger partial charge in [0.2, 0.25) is 5.78 Å². The molecule has 0 fully saturated rings. The second-order valence-corrected chi connectivity index (χ2v) is 7.08. The van der Waals surface area contributed by atoms with Crippen LogP contribution >= 0.6 is 0 Å². The summed E-state index contributed by atoms with van der Waals surface area (Å²) in [6.45, 7) is 10.9. The summed E-state index contributed by atoms with van der Waals surface area (Å²) in [4.78, 5) is 11.8. The largest absolute Gasteiger partial charge is 0.455 e. The molecule has 1 rings (SSSR count). The Balaban J connectivity index is 2.50. The fourth-order valence-corrected chi connectivity index (χ4v) is 2.63. The van der Waals surface area contributed by atoms with E-state index in [1.165, 1.54) is 12.5 Å². The van der Waals surface area contributed by atoms with E-state index in [-0.39, 0.29) is 11.7 Å². The van der Waals surface area contributed by atoms with E-state index in [1.807, 2.05) is 51.2 Å². The summed E-state index contributed by atoms with van der Waals surface area (Å²) in [5.41, 5.74) is 2.64. The number of hydrogen-bond acceptors (Lipinski definition) is 4. The number of aliphatic hydroxyl groups excluding tert-OH is 1. The number of ether oxygens (including phenoxy) is 1. The van der Waals surface area contributed by atoms with Gasteiger partial charge >= 0.3 is 0 Å². The smallest absolute Gasteiger partial charge is 0.269 e. The molecule has 26 heavy (non-hydrogen) atoms. The van der Waals surface area contributed by atoms with Gasteiger partial charge in [0.1, 0.15) is 5.76 Å². The second-order valence-electron chi connectivity index (χ2n) is 7.08. The molecule has 0 aromatic rings. The van der Waals surface area contributed by atoms with Crippen LogP contribution in [-0.2, 0) is 9.53 Å². The first-order valence-electron chi connectivity index (χ1n) is 9.08. The molecule has 144 valence electrons. The molecule has 4 nitrogen and oxygen atoms in total. The monoisotopic (exact) mass is 360 g/mol. The van der Waals surface area contributed by atoms with Crippen LogP contribution in [0.2, 0.25) is 0 Å². The molecule has 4 heteroatoms. The fourth-order valence-electron chi connectivity index (χ4n) is 2.63. The lowest BCUT2D eigenvalue weighted by Crippen LogP contribution is -2.32. The molecule has 1 aliphatic heterocycles. The van der Waals surface area contributed by atoms with Crippen LogP contribution in [0, 0.1) is 5.92 Å². The molecule has 3 atom stereocenters. The highest BCUT2D eigenvalue weighted by Crippen LogP contribution is 2.29. The lowest BCUT2D eigenvalue weighted by Gasteiger charge is -2.15. The van der Waals surface area contributed by atoms with Crippen molar-refractivity contribution in [2.24, 2.45) is 5.92 Å². The molecular weight excluding hydrogens is 328 g/mol. The maximum absolute atomic E-state index is 11.8. The van der Waals surface area contributed by atoms with Crippen LogP contribution in [0.5, 0.6) is 0 Å². The standard InChI is InChI=1S/C22H32O4/c1-7-16(3)20(23)17(4)13-10-12-15(2)11-8-9-14-19-18(5)21(24)22(6,25)26-19/h7,9-10,12-14,17,20,23,25H,8,11H2,1-6H3/b13-10+,14-9+,15-12+,16-7+/t17-,20+,22?/m1/s1. The predicted octanol–water partition coefficient (Wildman–Crippen LogP) is 4.37. The van der Waals surface area contributed by atoms with E-state index < -0.39 is 11.9 Å². The Bertz CT molecular complexity index is 660. The molecule has 0 bridgehead atoms. The van der Waals surface area contributed by atoms with Crippen molar-refractivity contribution in [3.05, 3.63) is 58.9 Å². The third kappa shape index (κ3) is 6.11. The van der Waals surface area contributed by atoms with E-state index >= 15 is 0 Å². The van der Waals surface area contributed by atoms with Gasteiger partial charge in [0.05, 0.1) is 6.10 Å². The number of carbonyl (C=O) groups is 1. The number of rotatable bonds is 8. The lowest BCUT2D eigenvalue weighted by atomic mass is 9.97. The van der Waals surface area contributed by atoms with Crippen molar-refractivity contribution in [2.45, 2.75) is 66.3 Å². The van der Waals surface area contributed by atoms with Crippen LogP contribution in [0.4, 0.5) is 0 Å². The molecule has 0 aromatic heterocycles. The molecule has 0 aliphatic carbocycles. The average Bonchev–Trinajstić information content (AvgIpc) is 2.79. The van der Waals surface area contributed by atoms with Gasteiger partial charge in [0, 0.05) is 18.4 Å². The highest BCUT2D eigenvalue weighted by atomic mass is 16.6. The predicted molar refractivity (Wildman–Crippen MR) is 105 cm³/mol. The summed E-state index contributed by atoms with van der Waals surface area (Å²) < 4.78 is 5.27. The summed E-state index contributed by atoms with van der Waals surface area (Å²) >= 11 is 0. The van der Waals surface area contributed by atoms with E-state index in [4.69, 9.17) is 4.74 Å². The first kappa shape index (κ1) is 22.1. The normalized spacial score (nSPS) is 24.7. The number of allylic oxidation sites excluding steroid dienone is 6. The molecule has 1 aliphatic rings. The zero-order valence-electron chi connectivity index (χ0n) is 16.7. The summed E-state index contributed by atoms with van der Waals surface area (Å²) in [6.07, 6.45) is 12.9. The summed E-state index contributed by atoms with van der Waals surface area (Å²) in [7, 11) is 0. The highest BCUT2D eigenvalue weighted by Gasteiger charge is 2.41. The van der Waals surface area contributed by atoms with Gasteiger partial charge < -0.3 is 14.9 Å². The van der Waals surface area contributed by atoms with Crippen molar-refractivity contribution >= 4 is 5.78 Å². The lowest BCUT2D eigenvalue weighted by molar-refractivity contribution is -0.168. The Morgan fingerprint density at radius 3 is 2.54 bits per heavy atom. The molecule has 0 saturated carbocycles. The van der Waals surface area contributed by atoms with E-state index in [1.54, 1.807) is 13.0 Å². The number of aliphatic hydroxyl groups is 2. The van der Waals surface area contributed by atoms with Crippen LogP contribution in [0.3, 0.4) is 0 Å². The Morgan fingerprint density at radius 2 is 2.00 bits per heavy atom. The van der Waals surface area contributed by atoms with Crippen LogP contribution in [0.15, 0.2) is 58.9 Å². The summed E-state index contributed by atoms with van der Waals surface area (Å²) in [6, 6.07) is 0. The number of hydrogen-bond donors (Lipinski definition) is 2. The molecule has 0 aromatic carbocycles. The minimum atomic E-state index is -1.74. The van der Waals surface area contributed by atoms with Crippen molar-refractivity contribution in [3.63, 3.8) is 0 Å². The van der Waals surface area contributed by atoms with Crippen LogP contribution < -0.4 is 0 Å². The maximum Gasteiger partial charge on any atom is 0.269 e. The molecular formula is C22H32O4. The zero-order valence-corrected chi connectivity index (χ0v) is 16.7. The molecule has 0 amide bonds. The highest BCUT2D eigenvalue weighted by molar-refractivity contribution is 6.02. The van der Waals surface area contributed by atoms with Gasteiger partial charge in [-0.3, -0.25) is 4.79 Å². The van der Waals surface area contributed by atoms with Crippen molar-refractivity contribution in [2.75, 3.05) is 0 Å². The number of ketones is 1. The third-order valence-electron chi connectivity index (χ3n) is 4.63. The van der Waals surface area contributed by atoms with Gasteiger partial charge in [0.15, 0.2) is 0 Å². The van der Waals surface area contributed by atoms with E-state index in [2.05, 4.69) is 6.92 Å². The Kier molecular flexibility index (Phi) is 8.25. The molecule has 2 N–H and O–H groups in total. The van der Waals surface area contributed by atoms with Crippen molar-refractivity contribution in [1.82, 2.24) is 0 Å². The van der Waals surface area contributed by atoms with E-state index in [0.29, 0.717) is 11.3 Å². The first-order valence-corrected chi connectivity index (χ1v) is 9.08. The number of Topliss-reactive ketones (excluding diaryl/α,β-unsaturated/α-hetero) is 1. The maximum atomic E-state index is 11.8. The third-order valence-corrected chi connectivity index (χ3v) is 4.63. The topological polar surface area (TPSA) is 66.8 Å². The minimum absolute atomic E-state index is 0.0647. The molecule has 0 saturated heterocycles. The van der Waals surface area contributed by atoms with Crippen molar-refractivity contribution in [3.8, 4) is 0 Å². The van der Waals surface area contributed by atoms with Crippen LogP contribution in [0.25, 0.3) is 0 Å². The summed E-state index contributed by atoms with van der Waals surface area (Å²) in [5, 5.41) is 19.9. The van der Waals surface area contributed by atoms with Gasteiger partial charge in [-0.1, -0.05) is 42.9 Å². The van der Waals surface area contributed by atoms with Gasteiger partial charge in [-0.05, 0) is 52.2 Å². The van der Waals surface area contributed by atoms with E-state index in [0.717, 1.165) is 18.4 Å². The van der Waals surface area contributed by atoms with Crippen molar-refractivity contribution < 1.29 is 19.7 Å². The van der Waals surface area contributed by atoms with Gasteiger partial charge in [0.25, 0.3) is 5.79 Å². The van der Waals surface area contributed by atoms with Gasteiger partial charge in [-0.15, -0.1) is 0 Å². The average molecular weight is 360 g/mol. The minimum Gasteiger partial charge on any atom is -0.455 e. The molecule has 1 heterocycles. The molecule has 1 unspecified atom stereocenters. The quantitative estimate of drug-likeness (QED) is 0.498. The first-order chi connectivity index (χ1) is 12.1. The Morgan fingerprint density at radius 1 is 1.35 bits per heavy atom. The van der Waals surface area contributed by atoms with Crippen LogP contribution in [-0.4, -0.2) is 27.9 Å². The fraction of sp³-hybridized carbons (Fsp3) is 0.500. The SMILES string of the molecule is C/C=C(\C)[C@H](O)[C@H](C)/C=C/C=C(\C)CC/C=C/C1=C(C)C(=O)C(C)(O)O1. The van der Waals surface area contributed by atoms with Crippen molar-refractivity contribution in [1.29, 1.82) is 0 Å². The Hall–Kier alpha value is -1.91. The van der Waals surface area contributed by atoms with E-state index in [9.17, 15) is 15.0 Å². The number of carbonyl (C=O) groups excluding carboxylic acids is 1. The van der Waals surface area contributed by atoms with Gasteiger partial charge in [-0.2, -0.15) is 0 Å². The van der Waals surface area contributed by atoms with Crippen LogP contribution in [0.1, 0.15) is 54.4 Å². The molecule has 0 spiro atoms. The zero-order chi connectivity index (χ0) is 19.9. The summed E-state index contributed by atoms with van der Waals surface area (Å²) in [5.74, 6) is -1.63. The second kappa shape index (κ2) is 9.70. The Labute approximate surface area is 157 Å².